The van der Waals surface area contributed by atoms with Crippen LogP contribution in [0, 0.1) is 5.92 Å². The molecule has 19 heavy (non-hydrogen) atoms. The monoisotopic (exact) mass is 271 g/mol. The molecule has 0 aromatic carbocycles. The van der Waals surface area contributed by atoms with E-state index in [-0.39, 0.29) is 12.6 Å². The molecule has 1 saturated heterocycles. The predicted octanol–water partition coefficient (Wildman–Crippen LogP) is 0.834. The van der Waals surface area contributed by atoms with Gasteiger partial charge in [-0.05, 0) is 38.8 Å². The highest BCUT2D eigenvalue weighted by molar-refractivity contribution is 5.80. The van der Waals surface area contributed by atoms with Crippen LogP contribution in [-0.2, 0) is 4.79 Å². The average molecular weight is 271 g/mol. The molecule has 1 fully saturated rings. The molecule has 110 valence electrons. The lowest BCUT2D eigenvalue weighted by atomic mass is 9.98. The number of amides is 2. The van der Waals surface area contributed by atoms with E-state index < -0.39 is 5.97 Å². The Balaban J connectivity index is 2.59. The molecular weight excluding hydrogens is 246 g/mol. The number of piperidine rings is 1. The van der Waals surface area contributed by atoms with Gasteiger partial charge >= 0.3 is 12.0 Å². The zero-order valence-corrected chi connectivity index (χ0v) is 11.9. The molecule has 1 aliphatic heterocycles. The van der Waals surface area contributed by atoms with E-state index in [0.29, 0.717) is 12.5 Å². The summed E-state index contributed by atoms with van der Waals surface area (Å²) >= 11 is 0. The van der Waals surface area contributed by atoms with Crippen molar-refractivity contribution in [2.75, 3.05) is 39.8 Å². The van der Waals surface area contributed by atoms with Gasteiger partial charge in [0.2, 0.25) is 0 Å². The Labute approximate surface area is 114 Å². The van der Waals surface area contributed by atoms with Crippen molar-refractivity contribution in [3.8, 4) is 0 Å². The first-order valence-electron chi connectivity index (χ1n) is 6.98. The Morgan fingerprint density at radius 3 is 2.79 bits per heavy atom. The third-order valence-corrected chi connectivity index (χ3v) is 3.37. The molecule has 0 bridgehead atoms. The van der Waals surface area contributed by atoms with Crippen molar-refractivity contribution in [1.82, 2.24) is 15.1 Å². The Morgan fingerprint density at radius 2 is 2.21 bits per heavy atom. The fourth-order valence-corrected chi connectivity index (χ4v) is 2.57. The number of hydrogen-bond acceptors (Lipinski definition) is 3. The summed E-state index contributed by atoms with van der Waals surface area (Å²) in [4.78, 5) is 26.4. The number of likely N-dealkylation sites (tertiary alicyclic amines) is 1. The summed E-state index contributed by atoms with van der Waals surface area (Å²) in [5.41, 5.74) is 0. The van der Waals surface area contributed by atoms with Crippen LogP contribution in [0.5, 0.6) is 0 Å². The molecule has 0 spiro atoms. The van der Waals surface area contributed by atoms with E-state index in [4.69, 9.17) is 5.11 Å². The third-order valence-electron chi connectivity index (χ3n) is 3.37. The van der Waals surface area contributed by atoms with E-state index in [9.17, 15) is 9.59 Å². The normalized spacial score (nSPS) is 19.3. The standard InChI is InChI=1S/C13H25N3O3/c1-3-6-15(10-12(17)18)13(19)16-7-4-5-11(9-16)8-14-2/h11,14H,3-10H2,1-2H3,(H,17,18). The maximum absolute atomic E-state index is 12.3. The predicted molar refractivity (Wildman–Crippen MR) is 73.1 cm³/mol. The SMILES string of the molecule is CCCN(CC(=O)O)C(=O)N1CCCC(CNC)C1. The number of carbonyl (C=O) groups excluding carboxylic acids is 1. The smallest absolute Gasteiger partial charge is 0.323 e. The van der Waals surface area contributed by atoms with Gasteiger partial charge < -0.3 is 20.2 Å². The number of nitrogens with zero attached hydrogens (tertiary/aromatic N) is 2. The molecule has 6 heteroatoms. The van der Waals surface area contributed by atoms with E-state index in [1.807, 2.05) is 14.0 Å². The second-order valence-corrected chi connectivity index (χ2v) is 5.11. The Bertz CT molecular complexity index is 308. The first-order valence-corrected chi connectivity index (χ1v) is 6.98. The largest absolute Gasteiger partial charge is 0.480 e. The van der Waals surface area contributed by atoms with Crippen molar-refractivity contribution in [2.24, 2.45) is 5.92 Å². The molecule has 1 unspecified atom stereocenters. The molecule has 2 N–H and O–H groups in total. The first kappa shape index (κ1) is 15.8. The van der Waals surface area contributed by atoms with E-state index in [1.54, 1.807) is 4.90 Å². The summed E-state index contributed by atoms with van der Waals surface area (Å²) in [6, 6.07) is -0.134. The number of urea groups is 1. The lowest BCUT2D eigenvalue weighted by Crippen LogP contribution is -2.50. The van der Waals surface area contributed by atoms with Crippen LogP contribution in [0.2, 0.25) is 0 Å². The summed E-state index contributed by atoms with van der Waals surface area (Å²) in [5.74, 6) is -0.485. The number of aliphatic carboxylic acids is 1. The van der Waals surface area contributed by atoms with Gasteiger partial charge in [0.05, 0.1) is 0 Å². The fraction of sp³-hybridized carbons (Fsp3) is 0.846. The van der Waals surface area contributed by atoms with Crippen LogP contribution >= 0.6 is 0 Å². The van der Waals surface area contributed by atoms with Gasteiger partial charge in [0.15, 0.2) is 0 Å². The molecule has 0 aliphatic carbocycles. The third kappa shape index (κ3) is 5.06. The molecule has 0 aromatic heterocycles. The number of nitrogens with one attached hydrogen (secondary N) is 1. The molecule has 0 saturated carbocycles. The maximum Gasteiger partial charge on any atom is 0.323 e. The van der Waals surface area contributed by atoms with Crippen LogP contribution in [0.4, 0.5) is 4.79 Å². The summed E-state index contributed by atoms with van der Waals surface area (Å²) < 4.78 is 0. The van der Waals surface area contributed by atoms with Crippen LogP contribution in [0.15, 0.2) is 0 Å². The van der Waals surface area contributed by atoms with Crippen LogP contribution in [0.1, 0.15) is 26.2 Å². The van der Waals surface area contributed by atoms with Crippen LogP contribution in [0.3, 0.4) is 0 Å². The molecule has 2 amide bonds. The second-order valence-electron chi connectivity index (χ2n) is 5.11. The topological polar surface area (TPSA) is 72.9 Å². The number of carbonyl (C=O) groups is 2. The van der Waals surface area contributed by atoms with Gasteiger partial charge in [0.1, 0.15) is 6.54 Å². The Hall–Kier alpha value is -1.30. The number of carboxylic acids is 1. The highest BCUT2D eigenvalue weighted by atomic mass is 16.4. The molecule has 0 radical (unpaired) electrons. The lowest BCUT2D eigenvalue weighted by molar-refractivity contribution is -0.137. The summed E-state index contributed by atoms with van der Waals surface area (Å²) in [5, 5.41) is 12.0. The quantitative estimate of drug-likeness (QED) is 0.750. The average Bonchev–Trinajstić information content (AvgIpc) is 2.37. The summed E-state index contributed by atoms with van der Waals surface area (Å²) in [6.45, 7) is 4.59. The van der Waals surface area contributed by atoms with Gasteiger partial charge in [-0.15, -0.1) is 0 Å². The summed E-state index contributed by atoms with van der Waals surface area (Å²) in [7, 11) is 1.91. The first-order chi connectivity index (χ1) is 9.08. The van der Waals surface area contributed by atoms with Gasteiger partial charge in [-0.1, -0.05) is 6.92 Å². The molecule has 1 atom stereocenters. The van der Waals surface area contributed by atoms with Crippen molar-refractivity contribution >= 4 is 12.0 Å². The van der Waals surface area contributed by atoms with E-state index >= 15 is 0 Å². The lowest BCUT2D eigenvalue weighted by Gasteiger charge is -2.36. The van der Waals surface area contributed by atoms with Crippen molar-refractivity contribution in [2.45, 2.75) is 26.2 Å². The van der Waals surface area contributed by atoms with Gasteiger partial charge in [-0.25, -0.2) is 4.79 Å². The van der Waals surface area contributed by atoms with Crippen LogP contribution in [-0.4, -0.2) is 66.7 Å². The van der Waals surface area contributed by atoms with Gasteiger partial charge in [0, 0.05) is 19.6 Å². The highest BCUT2D eigenvalue weighted by Crippen LogP contribution is 2.17. The molecule has 1 aliphatic rings. The van der Waals surface area contributed by atoms with Crippen LogP contribution in [0.25, 0.3) is 0 Å². The number of rotatable bonds is 6. The number of carboxylic acid groups (broad SMARTS) is 1. The Morgan fingerprint density at radius 1 is 1.47 bits per heavy atom. The minimum atomic E-state index is -0.953. The van der Waals surface area contributed by atoms with E-state index in [0.717, 1.165) is 38.9 Å². The van der Waals surface area contributed by atoms with Gasteiger partial charge in [0.25, 0.3) is 0 Å². The van der Waals surface area contributed by atoms with E-state index in [2.05, 4.69) is 5.32 Å². The summed E-state index contributed by atoms with van der Waals surface area (Å²) in [6.07, 6.45) is 2.88. The minimum absolute atomic E-state index is 0.134. The fourth-order valence-electron chi connectivity index (χ4n) is 2.57. The van der Waals surface area contributed by atoms with Crippen LogP contribution < -0.4 is 5.32 Å². The Kier molecular flexibility index (Phi) is 6.62. The van der Waals surface area contributed by atoms with Crippen molar-refractivity contribution in [3.63, 3.8) is 0 Å². The van der Waals surface area contributed by atoms with Crippen molar-refractivity contribution in [3.05, 3.63) is 0 Å². The van der Waals surface area contributed by atoms with Crippen molar-refractivity contribution < 1.29 is 14.7 Å². The minimum Gasteiger partial charge on any atom is -0.480 e. The molecule has 1 rings (SSSR count). The van der Waals surface area contributed by atoms with Crippen molar-refractivity contribution in [1.29, 1.82) is 0 Å². The zero-order valence-electron chi connectivity index (χ0n) is 11.9. The molecule has 0 aromatic rings. The number of hydrogen-bond donors (Lipinski definition) is 2. The molecule has 6 nitrogen and oxygen atoms in total. The molecule has 1 heterocycles. The zero-order chi connectivity index (χ0) is 14.3. The van der Waals surface area contributed by atoms with E-state index in [1.165, 1.54) is 4.90 Å². The highest BCUT2D eigenvalue weighted by Gasteiger charge is 2.27. The van der Waals surface area contributed by atoms with Gasteiger partial charge in [-0.2, -0.15) is 0 Å². The molecular formula is C13H25N3O3. The second kappa shape index (κ2) is 7.99. The maximum atomic E-state index is 12.3. The van der Waals surface area contributed by atoms with Gasteiger partial charge in [-0.3, -0.25) is 4.79 Å².